The van der Waals surface area contributed by atoms with E-state index < -0.39 is 17.9 Å². The molecule has 1 spiro atoms. The number of fused-ring (bicyclic) bond motifs is 1. The minimum atomic E-state index is -0.754. The van der Waals surface area contributed by atoms with Crippen LogP contribution in [-0.2, 0) is 14.4 Å². The second kappa shape index (κ2) is 18.4. The molecule has 4 aliphatic rings. The van der Waals surface area contributed by atoms with Gasteiger partial charge in [0, 0.05) is 88.2 Å². The molecule has 8 rings (SSSR count). The number of nitrogens with one attached hydrogen (secondary N) is 4. The summed E-state index contributed by atoms with van der Waals surface area (Å²) in [6.45, 7) is 10.4. The Balaban J connectivity index is 0.817. The lowest BCUT2D eigenvalue weighted by Gasteiger charge is -2.55. The van der Waals surface area contributed by atoms with Gasteiger partial charge in [-0.3, -0.25) is 29.3 Å². The summed E-state index contributed by atoms with van der Waals surface area (Å²) >= 11 is 6.62. The first-order valence-electron chi connectivity index (χ1n) is 21.7. The summed E-state index contributed by atoms with van der Waals surface area (Å²) < 4.78 is 12.9. The third-order valence-electron chi connectivity index (χ3n) is 12.8. The van der Waals surface area contributed by atoms with E-state index in [-0.39, 0.29) is 48.6 Å². The zero-order valence-corrected chi connectivity index (χ0v) is 36.9. The van der Waals surface area contributed by atoms with Crippen LogP contribution in [0.1, 0.15) is 68.8 Å². The largest absolute Gasteiger partial charge is 0.496 e. The van der Waals surface area contributed by atoms with Crippen LogP contribution < -0.4 is 46.1 Å². The van der Waals surface area contributed by atoms with Crippen molar-refractivity contribution in [3.8, 4) is 11.5 Å². The number of imide groups is 1. The molecule has 4 fully saturated rings. The van der Waals surface area contributed by atoms with E-state index in [0.29, 0.717) is 39.4 Å². The van der Waals surface area contributed by atoms with Crippen LogP contribution in [0.5, 0.6) is 11.5 Å². The molecule has 1 atom stereocenters. The van der Waals surface area contributed by atoms with E-state index in [2.05, 4.69) is 41.0 Å². The molecule has 63 heavy (non-hydrogen) atoms. The number of likely N-dealkylation sites (N-methyl/N-ethyl adjacent to an activating group) is 1. The van der Waals surface area contributed by atoms with Crippen LogP contribution in [0.2, 0.25) is 5.02 Å². The van der Waals surface area contributed by atoms with Crippen molar-refractivity contribution in [2.75, 3.05) is 81.7 Å². The number of benzene rings is 2. The van der Waals surface area contributed by atoms with E-state index in [1.165, 1.54) is 14.2 Å². The lowest BCUT2D eigenvalue weighted by atomic mass is 9.71. The van der Waals surface area contributed by atoms with Crippen LogP contribution in [0.15, 0.2) is 53.5 Å². The highest BCUT2D eigenvalue weighted by Gasteiger charge is 2.45. The number of anilines is 4. The van der Waals surface area contributed by atoms with Crippen molar-refractivity contribution in [1.82, 2.24) is 35.4 Å². The lowest BCUT2D eigenvalue weighted by molar-refractivity contribution is -0.134. The molecule has 0 saturated carbocycles. The van der Waals surface area contributed by atoms with Gasteiger partial charge in [0.2, 0.25) is 17.8 Å². The number of ether oxygens (including phenoxy) is 2. The fourth-order valence-electron chi connectivity index (χ4n) is 9.36. The predicted molar refractivity (Wildman–Crippen MR) is 240 cm³/mol. The second-order valence-electron chi connectivity index (χ2n) is 17.5. The Bertz CT molecular complexity index is 2450. The number of halogens is 1. The van der Waals surface area contributed by atoms with Gasteiger partial charge in [-0.2, -0.15) is 4.98 Å². The summed E-state index contributed by atoms with van der Waals surface area (Å²) in [6.07, 6.45) is 6.37. The number of aromatic nitrogens is 3. The number of carbonyl (C=O) groups excluding carboxylic acids is 4. The number of carbonyl (C=O) groups is 4. The normalized spacial score (nSPS) is 19.2. The van der Waals surface area contributed by atoms with E-state index >= 15 is 0 Å². The molecule has 334 valence electrons. The molecule has 4 saturated heterocycles. The summed E-state index contributed by atoms with van der Waals surface area (Å²) in [6, 6.07) is 12.0. The summed E-state index contributed by atoms with van der Waals surface area (Å²) in [5, 5.41) is 12.0. The Morgan fingerprint density at radius 2 is 1.73 bits per heavy atom. The van der Waals surface area contributed by atoms with Crippen molar-refractivity contribution >= 4 is 69.3 Å². The van der Waals surface area contributed by atoms with Gasteiger partial charge in [0.05, 0.1) is 24.4 Å². The zero-order valence-electron chi connectivity index (χ0n) is 36.2. The van der Waals surface area contributed by atoms with Gasteiger partial charge in [-0.05, 0) is 93.7 Å². The third kappa shape index (κ3) is 9.54. The fourth-order valence-corrected chi connectivity index (χ4v) is 9.50. The SMILES string of the molecule is CNC(=O)COc1cc2cc(Nc3nc(N4CCC5(CC4)CN(CC4CCN(c6ccc(C(=O)NC7CCC(=O)NC7=O)c(OC)c6)CC4)C5)ncc3Cl)ccc2n(C(C)C)c1=O. The second-order valence-corrected chi connectivity index (χ2v) is 17.9. The summed E-state index contributed by atoms with van der Waals surface area (Å²) in [4.78, 5) is 78.5. The molecule has 17 nitrogen and oxygen atoms in total. The van der Waals surface area contributed by atoms with Crippen LogP contribution >= 0.6 is 11.6 Å². The van der Waals surface area contributed by atoms with Crippen LogP contribution in [0, 0.1) is 11.3 Å². The molecule has 4 aromatic rings. The Hall–Kier alpha value is -5.94. The number of hydrogen-bond acceptors (Lipinski definition) is 13. The van der Waals surface area contributed by atoms with Gasteiger partial charge in [-0.15, -0.1) is 0 Å². The molecule has 2 aromatic carbocycles. The van der Waals surface area contributed by atoms with E-state index in [1.807, 2.05) is 44.2 Å². The van der Waals surface area contributed by atoms with Gasteiger partial charge >= 0.3 is 0 Å². The molecule has 0 aliphatic carbocycles. The van der Waals surface area contributed by atoms with Crippen molar-refractivity contribution < 1.29 is 28.7 Å². The molecule has 2 aromatic heterocycles. The van der Waals surface area contributed by atoms with Crippen LogP contribution in [0.25, 0.3) is 10.9 Å². The van der Waals surface area contributed by atoms with Crippen LogP contribution in [-0.4, -0.2) is 116 Å². The first-order valence-corrected chi connectivity index (χ1v) is 22.1. The molecular weight excluding hydrogens is 828 g/mol. The predicted octanol–water partition coefficient (Wildman–Crippen LogP) is 4.26. The fraction of sp³-hybridized carbons (Fsp3) is 0.489. The molecule has 1 unspecified atom stereocenters. The van der Waals surface area contributed by atoms with Crippen LogP contribution in [0.4, 0.5) is 23.1 Å². The highest BCUT2D eigenvalue weighted by Crippen LogP contribution is 2.42. The first-order chi connectivity index (χ1) is 30.3. The highest BCUT2D eigenvalue weighted by atomic mass is 35.5. The van der Waals surface area contributed by atoms with E-state index in [1.54, 1.807) is 22.9 Å². The maximum Gasteiger partial charge on any atom is 0.293 e. The number of piperidine rings is 3. The smallest absolute Gasteiger partial charge is 0.293 e. The number of methoxy groups -OCH3 is 1. The van der Waals surface area contributed by atoms with Gasteiger partial charge in [0.1, 0.15) is 16.8 Å². The average Bonchev–Trinajstić information content (AvgIpc) is 3.27. The molecule has 4 amide bonds. The number of pyridine rings is 1. The van der Waals surface area contributed by atoms with Gasteiger partial charge in [-0.1, -0.05) is 11.6 Å². The molecule has 0 bridgehead atoms. The number of rotatable bonds is 13. The first kappa shape index (κ1) is 43.7. The van der Waals surface area contributed by atoms with Crippen molar-refractivity contribution in [1.29, 1.82) is 0 Å². The molecule has 4 N–H and O–H groups in total. The molecular formula is C45H55ClN10O7. The quantitative estimate of drug-likeness (QED) is 0.140. The summed E-state index contributed by atoms with van der Waals surface area (Å²) in [7, 11) is 3.05. The van der Waals surface area contributed by atoms with Crippen molar-refractivity contribution in [2.24, 2.45) is 11.3 Å². The van der Waals surface area contributed by atoms with E-state index in [4.69, 9.17) is 26.1 Å². The number of hydrogen-bond donors (Lipinski definition) is 4. The summed E-state index contributed by atoms with van der Waals surface area (Å²) in [5.74, 6) is 0.712. The summed E-state index contributed by atoms with van der Waals surface area (Å²) in [5.41, 5.74) is 2.82. The van der Waals surface area contributed by atoms with Gasteiger partial charge in [-0.25, -0.2) is 4.98 Å². The molecule has 0 radical (unpaired) electrons. The molecule has 4 aliphatic heterocycles. The maximum absolute atomic E-state index is 13.3. The third-order valence-corrected chi connectivity index (χ3v) is 13.1. The van der Waals surface area contributed by atoms with E-state index in [0.717, 1.165) is 93.8 Å². The minimum absolute atomic E-state index is 0.0976. The standard InChI is InChI=1S/C45H55ClN10O7/c1-27(2)56-35-9-5-30(19-29(35)20-37(43(56)61)63-24-39(58)47-3)49-40-33(46)22-48-44(52-40)55-17-13-45(14-18-55)25-53(26-45)23-28-11-15-54(16-12-28)31-6-7-32(36(21-31)62-4)41(59)50-34-8-10-38(57)51-42(34)60/h5-7,9,19-22,27-28,34H,8,10-18,23-26H2,1-4H3,(H,47,58)(H,50,59)(H,48,49,52)(H,51,57,60). The van der Waals surface area contributed by atoms with Crippen LogP contribution in [0.3, 0.4) is 0 Å². The van der Waals surface area contributed by atoms with Crippen molar-refractivity contribution in [2.45, 2.75) is 64.5 Å². The maximum atomic E-state index is 13.3. The Morgan fingerprint density at radius 1 is 0.968 bits per heavy atom. The Kier molecular flexibility index (Phi) is 12.8. The molecule has 6 heterocycles. The van der Waals surface area contributed by atoms with E-state index in [9.17, 15) is 24.0 Å². The monoisotopic (exact) mass is 882 g/mol. The van der Waals surface area contributed by atoms with Crippen molar-refractivity contribution in [3.05, 3.63) is 69.6 Å². The van der Waals surface area contributed by atoms with Gasteiger partial charge in [0.15, 0.2) is 18.2 Å². The number of amides is 4. The van der Waals surface area contributed by atoms with Gasteiger partial charge in [0.25, 0.3) is 17.4 Å². The average molecular weight is 883 g/mol. The van der Waals surface area contributed by atoms with Gasteiger partial charge < -0.3 is 44.7 Å². The highest BCUT2D eigenvalue weighted by molar-refractivity contribution is 6.33. The number of nitrogens with zero attached hydrogens (tertiary/aromatic N) is 6. The zero-order chi connectivity index (χ0) is 44.4. The number of likely N-dealkylation sites (tertiary alicyclic amines) is 1. The Labute approximate surface area is 370 Å². The Morgan fingerprint density at radius 3 is 2.43 bits per heavy atom. The lowest BCUT2D eigenvalue weighted by Crippen LogP contribution is -2.61. The topological polar surface area (TPSA) is 192 Å². The van der Waals surface area contributed by atoms with Crippen molar-refractivity contribution in [3.63, 3.8) is 0 Å². The minimum Gasteiger partial charge on any atom is -0.496 e. The molecule has 18 heteroatoms.